The average molecular weight is 299 g/mol. The van der Waals surface area contributed by atoms with Crippen molar-refractivity contribution in [2.45, 2.75) is 64.4 Å². The Morgan fingerprint density at radius 1 is 1.27 bits per heavy atom. The summed E-state index contributed by atoms with van der Waals surface area (Å²) in [5.41, 5.74) is 4.50. The number of hydrogen-bond acceptors (Lipinski definition) is 4. The Kier molecular flexibility index (Phi) is 4.63. The highest BCUT2D eigenvalue weighted by molar-refractivity contribution is 5.60. The van der Waals surface area contributed by atoms with E-state index >= 15 is 0 Å². The highest BCUT2D eigenvalue weighted by Gasteiger charge is 2.24. The van der Waals surface area contributed by atoms with Crippen molar-refractivity contribution in [3.05, 3.63) is 22.4 Å². The minimum Gasteiger partial charge on any atom is -0.376 e. The minimum atomic E-state index is 0.256. The molecule has 0 radical (unpaired) electrons. The number of hydrogen-bond donors (Lipinski definition) is 1. The van der Waals surface area contributed by atoms with Crippen LogP contribution in [0.4, 0.5) is 5.82 Å². The molecule has 22 heavy (non-hydrogen) atoms. The lowest BCUT2D eigenvalue weighted by Gasteiger charge is -2.24. The summed E-state index contributed by atoms with van der Waals surface area (Å²) in [6.07, 6.45) is 6.94. The van der Waals surface area contributed by atoms with Gasteiger partial charge in [-0.25, -0.2) is 4.98 Å². The molecule has 2 heterocycles. The molecule has 1 unspecified atom stereocenters. The lowest BCUT2D eigenvalue weighted by atomic mass is 9.85. The molecule has 3 rings (SSSR count). The molecule has 1 fully saturated rings. The molecule has 4 heteroatoms. The molecular weight excluding hydrogens is 274 g/mol. The standard InChI is InChI=1S/C18H25N3O/c1-12(2)17-15-8-4-3-7-14(15)16(10-19)18(21-17)20-11-13-6-5-9-22-13/h12-13H,3-9,11H2,1-2H3,(H,20,21). The van der Waals surface area contributed by atoms with Crippen LogP contribution in [0, 0.1) is 11.3 Å². The molecule has 1 aliphatic carbocycles. The Bertz CT molecular complexity index is 583. The molecule has 2 aliphatic rings. The van der Waals surface area contributed by atoms with Crippen LogP contribution >= 0.6 is 0 Å². The van der Waals surface area contributed by atoms with Gasteiger partial charge < -0.3 is 10.1 Å². The molecule has 1 saturated heterocycles. The fourth-order valence-electron chi connectivity index (χ4n) is 3.59. The number of nitriles is 1. The number of rotatable bonds is 4. The number of ether oxygens (including phenoxy) is 1. The molecule has 4 nitrogen and oxygen atoms in total. The van der Waals surface area contributed by atoms with E-state index in [2.05, 4.69) is 25.2 Å². The van der Waals surface area contributed by atoms with E-state index in [1.807, 2.05) is 0 Å². The number of fused-ring (bicyclic) bond motifs is 1. The molecule has 1 aromatic heterocycles. The predicted molar refractivity (Wildman–Crippen MR) is 87.1 cm³/mol. The van der Waals surface area contributed by atoms with Crippen molar-refractivity contribution >= 4 is 5.82 Å². The average Bonchev–Trinajstić information content (AvgIpc) is 3.04. The van der Waals surface area contributed by atoms with Crippen LogP contribution in [0.15, 0.2) is 0 Å². The van der Waals surface area contributed by atoms with Gasteiger partial charge in [-0.1, -0.05) is 13.8 Å². The number of pyridine rings is 1. The van der Waals surface area contributed by atoms with E-state index in [1.165, 1.54) is 29.7 Å². The lowest BCUT2D eigenvalue weighted by Crippen LogP contribution is -2.22. The van der Waals surface area contributed by atoms with Gasteiger partial charge in [-0.15, -0.1) is 0 Å². The van der Waals surface area contributed by atoms with Gasteiger partial charge in [-0.2, -0.15) is 5.26 Å². The highest BCUT2D eigenvalue weighted by Crippen LogP contribution is 2.33. The third kappa shape index (κ3) is 2.96. The van der Waals surface area contributed by atoms with Crippen molar-refractivity contribution < 1.29 is 4.74 Å². The first-order valence-electron chi connectivity index (χ1n) is 8.52. The van der Waals surface area contributed by atoms with Crippen molar-refractivity contribution in [2.24, 2.45) is 0 Å². The van der Waals surface area contributed by atoms with Crippen LogP contribution in [0.3, 0.4) is 0 Å². The van der Waals surface area contributed by atoms with Crippen LogP contribution in [0.25, 0.3) is 0 Å². The quantitative estimate of drug-likeness (QED) is 0.923. The molecule has 0 amide bonds. The first-order valence-corrected chi connectivity index (χ1v) is 8.52. The van der Waals surface area contributed by atoms with Gasteiger partial charge in [0.1, 0.15) is 11.9 Å². The van der Waals surface area contributed by atoms with Gasteiger partial charge in [0.25, 0.3) is 0 Å². The third-order valence-corrected chi connectivity index (χ3v) is 4.73. The van der Waals surface area contributed by atoms with Gasteiger partial charge in [0.05, 0.1) is 11.7 Å². The molecule has 1 N–H and O–H groups in total. The maximum Gasteiger partial charge on any atom is 0.144 e. The van der Waals surface area contributed by atoms with E-state index in [-0.39, 0.29) is 6.10 Å². The summed E-state index contributed by atoms with van der Waals surface area (Å²) in [4.78, 5) is 4.83. The van der Waals surface area contributed by atoms with Crippen molar-refractivity contribution in [3.8, 4) is 6.07 Å². The number of nitrogens with zero attached hydrogens (tertiary/aromatic N) is 2. The Morgan fingerprint density at radius 2 is 2.05 bits per heavy atom. The van der Waals surface area contributed by atoms with Gasteiger partial charge in [0.2, 0.25) is 0 Å². The summed E-state index contributed by atoms with van der Waals surface area (Å²) in [5.74, 6) is 1.16. The first-order chi connectivity index (χ1) is 10.7. The number of anilines is 1. The summed E-state index contributed by atoms with van der Waals surface area (Å²) in [7, 11) is 0. The predicted octanol–water partition coefficient (Wildman–Crippen LogP) is 3.55. The number of aromatic nitrogens is 1. The summed E-state index contributed by atoms with van der Waals surface area (Å²) >= 11 is 0. The maximum atomic E-state index is 9.63. The normalized spacial score (nSPS) is 20.7. The Morgan fingerprint density at radius 3 is 2.68 bits per heavy atom. The fourth-order valence-corrected chi connectivity index (χ4v) is 3.59. The van der Waals surface area contributed by atoms with E-state index in [4.69, 9.17) is 9.72 Å². The van der Waals surface area contributed by atoms with Crippen LogP contribution < -0.4 is 5.32 Å². The van der Waals surface area contributed by atoms with Crippen LogP contribution in [-0.4, -0.2) is 24.2 Å². The van der Waals surface area contributed by atoms with Crippen molar-refractivity contribution in [3.63, 3.8) is 0 Å². The molecule has 1 aliphatic heterocycles. The molecule has 1 atom stereocenters. The van der Waals surface area contributed by atoms with Gasteiger partial charge in [-0.3, -0.25) is 0 Å². The van der Waals surface area contributed by atoms with Gasteiger partial charge in [0, 0.05) is 18.8 Å². The smallest absolute Gasteiger partial charge is 0.144 e. The van der Waals surface area contributed by atoms with E-state index in [9.17, 15) is 5.26 Å². The van der Waals surface area contributed by atoms with Crippen LogP contribution in [0.1, 0.15) is 67.8 Å². The minimum absolute atomic E-state index is 0.256. The van der Waals surface area contributed by atoms with Crippen molar-refractivity contribution in [1.82, 2.24) is 4.98 Å². The van der Waals surface area contributed by atoms with Gasteiger partial charge in [-0.05, 0) is 55.6 Å². The van der Waals surface area contributed by atoms with E-state index in [0.29, 0.717) is 5.92 Å². The third-order valence-electron chi connectivity index (χ3n) is 4.73. The first kappa shape index (κ1) is 15.3. The zero-order valence-corrected chi connectivity index (χ0v) is 13.6. The molecular formula is C18H25N3O. The molecule has 1 aromatic rings. The SMILES string of the molecule is CC(C)c1nc(NCC2CCCO2)c(C#N)c2c1CCCC2. The largest absolute Gasteiger partial charge is 0.376 e. The summed E-state index contributed by atoms with van der Waals surface area (Å²) in [5, 5.41) is 13.0. The second-order valence-electron chi connectivity index (χ2n) is 6.67. The van der Waals surface area contributed by atoms with Crippen LogP contribution in [0.2, 0.25) is 0 Å². The Balaban J connectivity index is 1.93. The van der Waals surface area contributed by atoms with E-state index < -0.39 is 0 Å². The van der Waals surface area contributed by atoms with Crippen molar-refractivity contribution in [2.75, 3.05) is 18.5 Å². The Hall–Kier alpha value is -1.60. The summed E-state index contributed by atoms with van der Waals surface area (Å²) < 4.78 is 5.67. The van der Waals surface area contributed by atoms with Crippen LogP contribution in [0.5, 0.6) is 0 Å². The highest BCUT2D eigenvalue weighted by atomic mass is 16.5. The topological polar surface area (TPSA) is 57.9 Å². The second-order valence-corrected chi connectivity index (χ2v) is 6.67. The monoisotopic (exact) mass is 299 g/mol. The lowest BCUT2D eigenvalue weighted by molar-refractivity contribution is 0.120. The second kappa shape index (κ2) is 6.66. The molecule has 0 aromatic carbocycles. The number of nitrogens with one attached hydrogen (secondary N) is 1. The van der Waals surface area contributed by atoms with E-state index in [1.54, 1.807) is 0 Å². The fraction of sp³-hybridized carbons (Fsp3) is 0.667. The zero-order chi connectivity index (χ0) is 15.5. The maximum absolute atomic E-state index is 9.63. The molecule has 0 bridgehead atoms. The zero-order valence-electron chi connectivity index (χ0n) is 13.6. The van der Waals surface area contributed by atoms with Gasteiger partial charge in [0.15, 0.2) is 0 Å². The van der Waals surface area contributed by atoms with Crippen molar-refractivity contribution in [1.29, 1.82) is 5.26 Å². The summed E-state index contributed by atoms with van der Waals surface area (Å²) in [6.45, 7) is 5.98. The molecule has 0 spiro atoms. The van der Waals surface area contributed by atoms with Gasteiger partial charge >= 0.3 is 0 Å². The van der Waals surface area contributed by atoms with Crippen LogP contribution in [-0.2, 0) is 17.6 Å². The summed E-state index contributed by atoms with van der Waals surface area (Å²) in [6, 6.07) is 2.40. The molecule has 0 saturated carbocycles. The Labute approximate surface area is 132 Å². The molecule has 118 valence electrons. The van der Waals surface area contributed by atoms with E-state index in [0.717, 1.165) is 50.2 Å².